The Morgan fingerprint density at radius 2 is 2.11 bits per heavy atom. The average molecular weight is 314 g/mol. The lowest BCUT2D eigenvalue weighted by Crippen LogP contribution is -2.42. The van der Waals surface area contributed by atoms with Crippen molar-refractivity contribution in [3.05, 3.63) is 28.7 Å². The molecule has 1 aliphatic heterocycles. The quantitative estimate of drug-likeness (QED) is 0.931. The Kier molecular flexibility index (Phi) is 3.86. The van der Waals surface area contributed by atoms with Crippen LogP contribution in [-0.2, 0) is 9.53 Å². The van der Waals surface area contributed by atoms with Crippen molar-refractivity contribution >= 4 is 33.7 Å². The highest BCUT2D eigenvalue weighted by molar-refractivity contribution is 9.10. The Bertz CT molecular complexity index is 460. The third-order valence-electron chi connectivity index (χ3n) is 2.70. The van der Waals surface area contributed by atoms with E-state index in [4.69, 9.17) is 9.84 Å². The van der Waals surface area contributed by atoms with Gasteiger partial charge in [0, 0.05) is 23.1 Å². The molecule has 1 heterocycles. The van der Waals surface area contributed by atoms with Crippen molar-refractivity contribution in [1.29, 1.82) is 0 Å². The van der Waals surface area contributed by atoms with E-state index in [0.29, 0.717) is 13.0 Å². The number of aliphatic carboxylic acids is 1. The highest BCUT2D eigenvalue weighted by Gasteiger charge is 2.29. The van der Waals surface area contributed by atoms with Crippen molar-refractivity contribution in [1.82, 2.24) is 0 Å². The standard InChI is InChI=1S/C12H12BrNO4/c13-8-1-3-9(4-2-8)14-6-5-10(7-11(15)16)18-12(14)17/h1-4,10H,5-7H2,(H,15,16). The number of amides is 1. The van der Waals surface area contributed by atoms with Gasteiger partial charge in [-0.15, -0.1) is 0 Å². The number of hydrogen-bond donors (Lipinski definition) is 1. The number of hydrogen-bond acceptors (Lipinski definition) is 3. The number of carboxylic acid groups (broad SMARTS) is 1. The summed E-state index contributed by atoms with van der Waals surface area (Å²) in [5, 5.41) is 8.66. The second kappa shape index (κ2) is 5.39. The smallest absolute Gasteiger partial charge is 0.414 e. The molecular formula is C12H12BrNO4. The Morgan fingerprint density at radius 3 is 2.67 bits per heavy atom. The zero-order chi connectivity index (χ0) is 13.1. The number of nitrogens with zero attached hydrogens (tertiary/aromatic N) is 1. The number of rotatable bonds is 3. The highest BCUT2D eigenvalue weighted by Crippen LogP contribution is 2.23. The summed E-state index contributed by atoms with van der Waals surface area (Å²) < 4.78 is 6.02. The normalized spacial score (nSPS) is 19.5. The van der Waals surface area contributed by atoms with Crippen LogP contribution >= 0.6 is 15.9 Å². The molecule has 0 bridgehead atoms. The van der Waals surface area contributed by atoms with Gasteiger partial charge in [0.25, 0.3) is 0 Å². The third kappa shape index (κ3) is 3.01. The fraction of sp³-hybridized carbons (Fsp3) is 0.333. The summed E-state index contributed by atoms with van der Waals surface area (Å²) in [5.74, 6) is -0.954. The molecule has 0 spiro atoms. The van der Waals surface area contributed by atoms with Gasteiger partial charge in [0.05, 0.1) is 6.42 Å². The first-order valence-electron chi connectivity index (χ1n) is 5.52. The van der Waals surface area contributed by atoms with Crippen LogP contribution in [-0.4, -0.2) is 29.8 Å². The molecule has 0 radical (unpaired) electrons. The lowest BCUT2D eigenvalue weighted by molar-refractivity contribution is -0.139. The molecule has 1 aromatic carbocycles. The molecule has 1 aromatic rings. The Labute approximate surface area is 112 Å². The summed E-state index contributed by atoms with van der Waals surface area (Å²) >= 11 is 3.32. The zero-order valence-electron chi connectivity index (χ0n) is 9.51. The van der Waals surface area contributed by atoms with Gasteiger partial charge in [-0.3, -0.25) is 9.69 Å². The molecule has 18 heavy (non-hydrogen) atoms. The van der Waals surface area contributed by atoms with Crippen molar-refractivity contribution in [3.63, 3.8) is 0 Å². The summed E-state index contributed by atoms with van der Waals surface area (Å²) in [6.07, 6.45) is -0.634. The van der Waals surface area contributed by atoms with E-state index in [1.807, 2.05) is 24.3 Å². The van der Waals surface area contributed by atoms with Gasteiger partial charge in [-0.05, 0) is 24.3 Å². The van der Waals surface area contributed by atoms with Crippen LogP contribution in [0.5, 0.6) is 0 Å². The maximum absolute atomic E-state index is 11.8. The summed E-state index contributed by atoms with van der Waals surface area (Å²) in [4.78, 5) is 23.8. The monoisotopic (exact) mass is 313 g/mol. The fourth-order valence-corrected chi connectivity index (χ4v) is 2.09. The van der Waals surface area contributed by atoms with Gasteiger partial charge in [0.15, 0.2) is 0 Å². The van der Waals surface area contributed by atoms with Crippen molar-refractivity contribution in [2.75, 3.05) is 11.4 Å². The van der Waals surface area contributed by atoms with Gasteiger partial charge in [0.1, 0.15) is 6.10 Å². The lowest BCUT2D eigenvalue weighted by Gasteiger charge is -2.31. The minimum atomic E-state index is -0.954. The van der Waals surface area contributed by atoms with Crippen LogP contribution < -0.4 is 4.90 Å². The number of benzene rings is 1. The Balaban J connectivity index is 2.03. The first-order valence-corrected chi connectivity index (χ1v) is 6.31. The van der Waals surface area contributed by atoms with E-state index >= 15 is 0 Å². The van der Waals surface area contributed by atoms with E-state index in [1.165, 1.54) is 4.90 Å². The predicted octanol–water partition coefficient (Wildman–Crippen LogP) is 2.64. The SMILES string of the molecule is O=C(O)CC1CCN(c2ccc(Br)cc2)C(=O)O1. The number of carbonyl (C=O) groups is 2. The van der Waals surface area contributed by atoms with Crippen LogP contribution in [0.2, 0.25) is 0 Å². The molecule has 0 saturated carbocycles. The van der Waals surface area contributed by atoms with Crippen LogP contribution in [0.4, 0.5) is 10.5 Å². The van der Waals surface area contributed by atoms with E-state index in [1.54, 1.807) is 0 Å². The van der Waals surface area contributed by atoms with Crippen molar-refractivity contribution < 1.29 is 19.4 Å². The third-order valence-corrected chi connectivity index (χ3v) is 3.23. The second-order valence-corrected chi connectivity index (χ2v) is 4.94. The minimum absolute atomic E-state index is 0.139. The molecule has 1 atom stereocenters. The molecule has 5 nitrogen and oxygen atoms in total. The molecule has 1 unspecified atom stereocenters. The topological polar surface area (TPSA) is 66.8 Å². The van der Waals surface area contributed by atoms with E-state index in [-0.39, 0.29) is 6.42 Å². The van der Waals surface area contributed by atoms with Crippen LogP contribution in [0, 0.1) is 0 Å². The van der Waals surface area contributed by atoms with Crippen LogP contribution in [0.3, 0.4) is 0 Å². The van der Waals surface area contributed by atoms with Crippen LogP contribution in [0.15, 0.2) is 28.7 Å². The number of carbonyl (C=O) groups excluding carboxylic acids is 1. The molecule has 1 fully saturated rings. The van der Waals surface area contributed by atoms with Gasteiger partial charge in [0.2, 0.25) is 0 Å². The predicted molar refractivity (Wildman–Crippen MR) is 68.6 cm³/mol. The number of carboxylic acids is 1. The number of anilines is 1. The molecule has 0 aliphatic carbocycles. The first-order chi connectivity index (χ1) is 8.56. The summed E-state index contributed by atoms with van der Waals surface area (Å²) in [6.45, 7) is 0.471. The number of halogens is 1. The maximum atomic E-state index is 11.8. The number of cyclic esters (lactones) is 1. The van der Waals surface area contributed by atoms with Crippen molar-refractivity contribution in [3.8, 4) is 0 Å². The summed E-state index contributed by atoms with van der Waals surface area (Å²) in [5.41, 5.74) is 0.747. The van der Waals surface area contributed by atoms with Crippen LogP contribution in [0.1, 0.15) is 12.8 Å². The summed E-state index contributed by atoms with van der Waals surface area (Å²) in [7, 11) is 0. The van der Waals surface area contributed by atoms with Gasteiger partial charge in [-0.1, -0.05) is 15.9 Å². The largest absolute Gasteiger partial charge is 0.481 e. The molecule has 96 valence electrons. The molecule has 1 amide bonds. The molecule has 1 N–H and O–H groups in total. The van der Waals surface area contributed by atoms with E-state index in [2.05, 4.69) is 15.9 Å². The zero-order valence-corrected chi connectivity index (χ0v) is 11.1. The van der Waals surface area contributed by atoms with Gasteiger partial charge >= 0.3 is 12.1 Å². The minimum Gasteiger partial charge on any atom is -0.481 e. The molecule has 2 rings (SSSR count). The van der Waals surface area contributed by atoms with Gasteiger partial charge < -0.3 is 9.84 Å². The molecule has 6 heteroatoms. The molecule has 0 aromatic heterocycles. The first kappa shape index (κ1) is 12.9. The van der Waals surface area contributed by atoms with E-state index < -0.39 is 18.2 Å². The summed E-state index contributed by atoms with van der Waals surface area (Å²) in [6, 6.07) is 7.30. The Hall–Kier alpha value is -1.56. The highest BCUT2D eigenvalue weighted by atomic mass is 79.9. The van der Waals surface area contributed by atoms with Crippen molar-refractivity contribution in [2.24, 2.45) is 0 Å². The maximum Gasteiger partial charge on any atom is 0.414 e. The molecule has 1 aliphatic rings. The average Bonchev–Trinajstić information content (AvgIpc) is 2.30. The van der Waals surface area contributed by atoms with E-state index in [0.717, 1.165) is 10.2 Å². The Morgan fingerprint density at radius 1 is 1.44 bits per heavy atom. The molecule has 1 saturated heterocycles. The molecular weight excluding hydrogens is 302 g/mol. The lowest BCUT2D eigenvalue weighted by atomic mass is 10.1. The van der Waals surface area contributed by atoms with E-state index in [9.17, 15) is 9.59 Å². The second-order valence-electron chi connectivity index (χ2n) is 4.02. The van der Waals surface area contributed by atoms with Crippen LogP contribution in [0.25, 0.3) is 0 Å². The van der Waals surface area contributed by atoms with Gasteiger partial charge in [-0.25, -0.2) is 4.79 Å². The number of ether oxygens (including phenoxy) is 1. The van der Waals surface area contributed by atoms with Gasteiger partial charge in [-0.2, -0.15) is 0 Å². The fourth-order valence-electron chi connectivity index (χ4n) is 1.82. The van der Waals surface area contributed by atoms with Crippen molar-refractivity contribution in [2.45, 2.75) is 18.9 Å².